The van der Waals surface area contributed by atoms with Crippen molar-refractivity contribution in [3.8, 4) is 11.8 Å². The van der Waals surface area contributed by atoms with Crippen molar-refractivity contribution in [3.05, 3.63) is 65.2 Å². The Hall–Kier alpha value is -3.13. The fourth-order valence-corrected chi connectivity index (χ4v) is 3.59. The third-order valence-corrected chi connectivity index (χ3v) is 4.84. The first-order valence-electron chi connectivity index (χ1n) is 8.21. The normalized spacial score (nSPS) is 21.6. The van der Waals surface area contributed by atoms with Crippen LogP contribution in [-0.4, -0.2) is 35.3 Å². The predicted octanol–water partition coefficient (Wildman–Crippen LogP) is 2.81. The number of nitriles is 1. The summed E-state index contributed by atoms with van der Waals surface area (Å²) in [5.74, 6) is 0.519. The van der Waals surface area contributed by atoms with Gasteiger partial charge >= 0.3 is 0 Å². The van der Waals surface area contributed by atoms with Gasteiger partial charge in [0.25, 0.3) is 5.91 Å². The van der Waals surface area contributed by atoms with Crippen molar-refractivity contribution in [2.45, 2.75) is 18.4 Å². The van der Waals surface area contributed by atoms with Crippen LogP contribution in [0.2, 0.25) is 0 Å². The Labute approximate surface area is 145 Å². The molecule has 1 atom stereocenters. The first kappa shape index (κ1) is 15.4. The summed E-state index contributed by atoms with van der Waals surface area (Å²) >= 11 is 0. The minimum Gasteiger partial charge on any atom is -0.484 e. The molecule has 2 aromatic rings. The lowest BCUT2D eigenvalue weighted by molar-refractivity contribution is 0.0428. The van der Waals surface area contributed by atoms with Gasteiger partial charge in [-0.05, 0) is 30.3 Å². The van der Waals surface area contributed by atoms with E-state index in [0.717, 1.165) is 0 Å². The van der Waals surface area contributed by atoms with Gasteiger partial charge in [0.15, 0.2) is 5.78 Å². The molecule has 0 aliphatic carbocycles. The van der Waals surface area contributed by atoms with E-state index in [1.807, 2.05) is 18.2 Å². The van der Waals surface area contributed by atoms with Crippen molar-refractivity contribution >= 4 is 11.7 Å². The average molecular weight is 332 g/mol. The number of Topliss-reactive ketones (excluding diaryl/α,β-unsaturated/α-hetero) is 1. The molecule has 1 saturated heterocycles. The second-order valence-corrected chi connectivity index (χ2v) is 6.55. The highest BCUT2D eigenvalue weighted by Crippen LogP contribution is 2.38. The van der Waals surface area contributed by atoms with Crippen LogP contribution >= 0.6 is 0 Å². The molecular formula is C20H16N2O3. The number of hydrogen-bond acceptors (Lipinski definition) is 4. The minimum absolute atomic E-state index is 0.0580. The number of fused-ring (bicyclic) bond motifs is 1. The second kappa shape index (κ2) is 5.75. The number of nitrogens with zero attached hydrogens (tertiary/aromatic N) is 2. The Kier molecular flexibility index (Phi) is 3.54. The van der Waals surface area contributed by atoms with Crippen LogP contribution in [0.25, 0.3) is 0 Å². The number of carbonyl (C=O) groups is 2. The number of carbonyl (C=O) groups excluding carboxylic acids is 2. The molecular weight excluding hydrogens is 316 g/mol. The van der Waals surface area contributed by atoms with Crippen LogP contribution in [0.3, 0.4) is 0 Å². The van der Waals surface area contributed by atoms with Crippen molar-refractivity contribution in [3.63, 3.8) is 0 Å². The van der Waals surface area contributed by atoms with Crippen LogP contribution in [0.4, 0.5) is 0 Å². The van der Waals surface area contributed by atoms with E-state index < -0.39 is 5.60 Å². The Balaban J connectivity index is 1.56. The van der Waals surface area contributed by atoms with Crippen molar-refractivity contribution in [1.29, 1.82) is 5.26 Å². The van der Waals surface area contributed by atoms with E-state index in [0.29, 0.717) is 42.0 Å². The monoisotopic (exact) mass is 332 g/mol. The standard InChI is InChI=1S/C20H16N2O3/c21-12-14-4-3-5-15(10-14)19(24)22-9-8-20(13-22)11-17(23)16-6-1-2-7-18(16)25-20/h1-7,10H,8-9,11,13H2. The van der Waals surface area contributed by atoms with E-state index in [1.165, 1.54) is 0 Å². The van der Waals surface area contributed by atoms with Gasteiger partial charge in [-0.15, -0.1) is 0 Å². The van der Waals surface area contributed by atoms with Gasteiger partial charge in [-0.2, -0.15) is 5.26 Å². The van der Waals surface area contributed by atoms with Gasteiger partial charge in [0, 0.05) is 18.5 Å². The fraction of sp³-hybridized carbons (Fsp3) is 0.250. The maximum absolute atomic E-state index is 12.7. The number of likely N-dealkylation sites (tertiary alicyclic amines) is 1. The molecule has 0 saturated carbocycles. The number of benzene rings is 2. The SMILES string of the molecule is N#Cc1cccc(C(=O)N2CCC3(CC(=O)c4ccccc4O3)C2)c1. The molecule has 2 aliphatic rings. The Morgan fingerprint density at radius 1 is 1.20 bits per heavy atom. The van der Waals surface area contributed by atoms with Gasteiger partial charge in [-0.1, -0.05) is 18.2 Å². The van der Waals surface area contributed by atoms with Crippen LogP contribution in [0.1, 0.15) is 39.1 Å². The molecule has 2 aliphatic heterocycles. The summed E-state index contributed by atoms with van der Waals surface area (Å²) in [5.41, 5.74) is 0.907. The lowest BCUT2D eigenvalue weighted by atomic mass is 9.89. The quantitative estimate of drug-likeness (QED) is 0.805. The molecule has 5 nitrogen and oxygen atoms in total. The zero-order valence-electron chi connectivity index (χ0n) is 13.6. The Morgan fingerprint density at radius 3 is 2.88 bits per heavy atom. The predicted molar refractivity (Wildman–Crippen MR) is 90.4 cm³/mol. The summed E-state index contributed by atoms with van der Waals surface area (Å²) in [6.45, 7) is 0.910. The number of amides is 1. The van der Waals surface area contributed by atoms with Crippen molar-refractivity contribution in [2.24, 2.45) is 0 Å². The van der Waals surface area contributed by atoms with Crippen LogP contribution in [0.15, 0.2) is 48.5 Å². The molecule has 0 bridgehead atoms. The summed E-state index contributed by atoms with van der Waals surface area (Å²) in [6.07, 6.45) is 0.906. The summed E-state index contributed by atoms with van der Waals surface area (Å²) in [6, 6.07) is 16.0. The third-order valence-electron chi connectivity index (χ3n) is 4.84. The van der Waals surface area contributed by atoms with Gasteiger partial charge in [0.2, 0.25) is 0 Å². The molecule has 25 heavy (non-hydrogen) atoms. The summed E-state index contributed by atoms with van der Waals surface area (Å²) in [5, 5.41) is 9.00. The molecule has 0 N–H and O–H groups in total. The zero-order chi connectivity index (χ0) is 17.4. The second-order valence-electron chi connectivity index (χ2n) is 6.55. The molecule has 1 unspecified atom stereocenters. The lowest BCUT2D eigenvalue weighted by Crippen LogP contribution is -2.45. The number of ether oxygens (including phenoxy) is 1. The summed E-state index contributed by atoms with van der Waals surface area (Å²) in [4.78, 5) is 26.9. The van der Waals surface area contributed by atoms with E-state index in [2.05, 4.69) is 0 Å². The molecule has 124 valence electrons. The maximum atomic E-state index is 12.7. The minimum atomic E-state index is -0.645. The van der Waals surface area contributed by atoms with Crippen LogP contribution < -0.4 is 4.74 Å². The van der Waals surface area contributed by atoms with Crippen LogP contribution in [0, 0.1) is 11.3 Å². The topological polar surface area (TPSA) is 70.4 Å². The number of para-hydroxylation sites is 1. The largest absolute Gasteiger partial charge is 0.484 e. The van der Waals surface area contributed by atoms with Gasteiger partial charge in [-0.25, -0.2) is 0 Å². The first-order chi connectivity index (χ1) is 12.1. The van der Waals surface area contributed by atoms with Gasteiger partial charge in [0.1, 0.15) is 11.4 Å². The average Bonchev–Trinajstić information content (AvgIpc) is 3.04. The fourth-order valence-electron chi connectivity index (χ4n) is 3.59. The molecule has 5 heteroatoms. The number of ketones is 1. The Morgan fingerprint density at radius 2 is 2.04 bits per heavy atom. The number of rotatable bonds is 1. The molecule has 2 heterocycles. The van der Waals surface area contributed by atoms with Crippen molar-refractivity contribution in [1.82, 2.24) is 4.90 Å². The highest BCUT2D eigenvalue weighted by molar-refractivity contribution is 6.00. The van der Waals surface area contributed by atoms with E-state index in [-0.39, 0.29) is 18.1 Å². The van der Waals surface area contributed by atoms with Crippen LogP contribution in [-0.2, 0) is 0 Å². The molecule has 1 spiro atoms. The van der Waals surface area contributed by atoms with Gasteiger partial charge in [0.05, 0.1) is 30.2 Å². The maximum Gasteiger partial charge on any atom is 0.254 e. The van der Waals surface area contributed by atoms with Crippen molar-refractivity contribution < 1.29 is 14.3 Å². The molecule has 1 fully saturated rings. The summed E-state index contributed by atoms with van der Waals surface area (Å²) in [7, 11) is 0. The molecule has 0 aromatic heterocycles. The van der Waals surface area contributed by atoms with E-state index in [1.54, 1.807) is 41.3 Å². The Bertz CT molecular complexity index is 915. The van der Waals surface area contributed by atoms with Crippen LogP contribution in [0.5, 0.6) is 5.75 Å². The molecule has 0 radical (unpaired) electrons. The molecule has 4 rings (SSSR count). The highest BCUT2D eigenvalue weighted by Gasteiger charge is 2.47. The number of hydrogen-bond donors (Lipinski definition) is 0. The lowest BCUT2D eigenvalue weighted by Gasteiger charge is -2.34. The van der Waals surface area contributed by atoms with E-state index in [4.69, 9.17) is 10.00 Å². The molecule has 1 amide bonds. The highest BCUT2D eigenvalue weighted by atomic mass is 16.5. The first-order valence-corrected chi connectivity index (χ1v) is 8.21. The van der Waals surface area contributed by atoms with Gasteiger partial charge < -0.3 is 9.64 Å². The third kappa shape index (κ3) is 2.66. The van der Waals surface area contributed by atoms with E-state index >= 15 is 0 Å². The smallest absolute Gasteiger partial charge is 0.254 e. The molecule has 2 aromatic carbocycles. The summed E-state index contributed by atoms with van der Waals surface area (Å²) < 4.78 is 6.14. The van der Waals surface area contributed by atoms with Gasteiger partial charge in [-0.3, -0.25) is 9.59 Å². The zero-order valence-corrected chi connectivity index (χ0v) is 13.6. The van der Waals surface area contributed by atoms with E-state index in [9.17, 15) is 9.59 Å². The van der Waals surface area contributed by atoms with Crippen molar-refractivity contribution in [2.75, 3.05) is 13.1 Å².